The number of pyridine rings is 1. The molecule has 6 aromatic rings. The third-order valence-corrected chi connectivity index (χ3v) is 9.45. The molecule has 0 N–H and O–H groups in total. The van der Waals surface area contributed by atoms with E-state index >= 15 is 8.22 Å². The molecule has 0 bridgehead atoms. The summed E-state index contributed by atoms with van der Waals surface area (Å²) in [7, 11) is -4.95. The molecule has 33 heavy (non-hydrogen) atoms. The second-order valence-electron chi connectivity index (χ2n) is 9.14. The highest BCUT2D eigenvalue weighted by Crippen LogP contribution is 2.39. The monoisotopic (exact) mass is 447 g/mol. The molecule has 7 rings (SSSR count). The zero-order valence-corrected chi connectivity index (χ0v) is 19.2. The van der Waals surface area contributed by atoms with Gasteiger partial charge in [0.1, 0.15) is 0 Å². The Morgan fingerprint density at radius 1 is 0.636 bits per heavy atom. The molecule has 5 aromatic carbocycles. The zero-order chi connectivity index (χ0) is 22.5. The molecular formula is C29H19F2NSi. The number of fused-ring (bicyclic) bond motifs is 7. The zero-order valence-electron chi connectivity index (χ0n) is 18.2. The first-order valence-electron chi connectivity index (χ1n) is 11.1. The average molecular weight is 448 g/mol. The van der Waals surface area contributed by atoms with Crippen molar-refractivity contribution in [1.82, 2.24) is 4.98 Å². The van der Waals surface area contributed by atoms with E-state index < -0.39 is 8.74 Å². The molecule has 1 aliphatic rings. The molecule has 4 heteroatoms. The van der Waals surface area contributed by atoms with Crippen LogP contribution in [0.2, 0.25) is 0 Å². The summed E-state index contributed by atoms with van der Waals surface area (Å²) in [6.07, 6.45) is 1.76. The van der Waals surface area contributed by atoms with Crippen molar-refractivity contribution in [3.8, 4) is 11.3 Å². The van der Waals surface area contributed by atoms with Gasteiger partial charge in [0.25, 0.3) is 0 Å². The van der Waals surface area contributed by atoms with Crippen LogP contribution in [0.1, 0.15) is 11.1 Å². The number of rotatable bonds is 0. The Balaban J connectivity index is 1.70. The first-order chi connectivity index (χ1) is 15.9. The van der Waals surface area contributed by atoms with Crippen LogP contribution in [0.5, 0.6) is 0 Å². The van der Waals surface area contributed by atoms with Crippen LogP contribution in [0.3, 0.4) is 0 Å². The minimum Gasteiger partial charge on any atom is -0.259 e. The lowest BCUT2D eigenvalue weighted by Crippen LogP contribution is -2.54. The second kappa shape index (κ2) is 6.24. The molecule has 0 unspecified atom stereocenters. The number of aryl methyl sites for hydroxylation is 2. The Bertz CT molecular complexity index is 1820. The van der Waals surface area contributed by atoms with Crippen molar-refractivity contribution in [1.29, 1.82) is 0 Å². The minimum absolute atomic E-state index is 0.167. The van der Waals surface area contributed by atoms with Gasteiger partial charge in [0.2, 0.25) is 0 Å². The van der Waals surface area contributed by atoms with Gasteiger partial charge in [-0.2, -0.15) is 0 Å². The predicted molar refractivity (Wildman–Crippen MR) is 136 cm³/mol. The number of hydrogen-bond donors (Lipinski definition) is 0. The largest absolute Gasteiger partial charge is 0.488 e. The van der Waals surface area contributed by atoms with Crippen LogP contribution >= 0.6 is 0 Å². The molecule has 1 aromatic heterocycles. The fraction of sp³-hybridized carbons (Fsp3) is 0.0690. The van der Waals surface area contributed by atoms with Gasteiger partial charge in [0, 0.05) is 27.5 Å². The summed E-state index contributed by atoms with van der Waals surface area (Å²) in [4.78, 5) is 4.63. The molecule has 0 amide bonds. The summed E-state index contributed by atoms with van der Waals surface area (Å²) >= 11 is 0. The molecule has 0 aliphatic carbocycles. The lowest BCUT2D eigenvalue weighted by Gasteiger charge is -2.27. The number of benzene rings is 5. The van der Waals surface area contributed by atoms with Crippen molar-refractivity contribution >= 4 is 62.2 Å². The number of halogens is 2. The Labute approximate surface area is 190 Å². The van der Waals surface area contributed by atoms with Gasteiger partial charge < -0.3 is 0 Å². The number of hydrogen-bond acceptors (Lipinski definition) is 1. The van der Waals surface area contributed by atoms with Crippen LogP contribution in [-0.2, 0) is 0 Å². The molecule has 158 valence electrons. The van der Waals surface area contributed by atoms with E-state index in [9.17, 15) is 0 Å². The third-order valence-electron chi connectivity index (χ3n) is 7.29. The molecule has 1 nitrogen and oxygen atoms in total. The van der Waals surface area contributed by atoms with E-state index in [0.717, 1.165) is 37.7 Å². The van der Waals surface area contributed by atoms with E-state index in [0.29, 0.717) is 16.6 Å². The van der Waals surface area contributed by atoms with Crippen molar-refractivity contribution in [3.05, 3.63) is 90.1 Å². The predicted octanol–water partition coefficient (Wildman–Crippen LogP) is 6.79. The SMILES string of the molecule is Cc1cc2ccc3c4ccnc5c4c(cc3c2cc1C)[Si](F)(F)c1cc2ccccc2cc1-5. The van der Waals surface area contributed by atoms with Gasteiger partial charge in [0.05, 0.1) is 5.69 Å². The van der Waals surface area contributed by atoms with Crippen molar-refractivity contribution in [2.75, 3.05) is 0 Å². The van der Waals surface area contributed by atoms with Crippen molar-refractivity contribution in [2.24, 2.45) is 0 Å². The minimum atomic E-state index is -4.95. The molecule has 0 radical (unpaired) electrons. The highest BCUT2D eigenvalue weighted by atomic mass is 28.4. The molecule has 0 saturated carbocycles. The fourth-order valence-corrected chi connectivity index (χ4v) is 7.52. The summed E-state index contributed by atoms with van der Waals surface area (Å²) < 4.78 is 32.7. The van der Waals surface area contributed by atoms with E-state index in [1.807, 2.05) is 36.4 Å². The van der Waals surface area contributed by atoms with E-state index in [2.05, 4.69) is 43.1 Å². The van der Waals surface area contributed by atoms with Gasteiger partial charge in [-0.3, -0.25) is 13.2 Å². The summed E-state index contributed by atoms with van der Waals surface area (Å²) in [5.74, 6) is 0. The average Bonchev–Trinajstić information content (AvgIpc) is 2.82. The topological polar surface area (TPSA) is 12.9 Å². The summed E-state index contributed by atoms with van der Waals surface area (Å²) in [5, 5.41) is 7.64. The summed E-state index contributed by atoms with van der Waals surface area (Å²) in [6, 6.07) is 23.4. The van der Waals surface area contributed by atoms with E-state index in [-0.39, 0.29) is 10.4 Å². The molecule has 1 aliphatic heterocycles. The van der Waals surface area contributed by atoms with E-state index in [1.165, 1.54) is 11.1 Å². The van der Waals surface area contributed by atoms with Gasteiger partial charge in [0.15, 0.2) is 0 Å². The Morgan fingerprint density at radius 2 is 1.39 bits per heavy atom. The smallest absolute Gasteiger partial charge is 0.259 e. The van der Waals surface area contributed by atoms with Crippen LogP contribution in [0.15, 0.2) is 79.0 Å². The van der Waals surface area contributed by atoms with Crippen molar-refractivity contribution in [3.63, 3.8) is 0 Å². The second-order valence-corrected chi connectivity index (χ2v) is 11.4. The molecule has 0 spiro atoms. The standard InChI is InChI=1S/C29H19F2NSi/c1-16-11-20-7-8-21-22-9-10-32-29-25-13-18-5-3-4-6-19(18)14-26(25)33(30,31)27(28(22)29)15-24(21)23(20)12-17(16)2/h3-15H,1-2H3. The first-order valence-corrected chi connectivity index (χ1v) is 12.9. The first kappa shape index (κ1) is 18.9. The Hall–Kier alpha value is -3.63. The third kappa shape index (κ3) is 2.41. The molecule has 0 saturated heterocycles. The lowest BCUT2D eigenvalue weighted by atomic mass is 9.93. The summed E-state index contributed by atoms with van der Waals surface area (Å²) in [5.41, 5.74) is 3.62. The van der Waals surface area contributed by atoms with Gasteiger partial charge in [-0.1, -0.05) is 48.5 Å². The van der Waals surface area contributed by atoms with Crippen LogP contribution in [0.4, 0.5) is 8.22 Å². The van der Waals surface area contributed by atoms with E-state index in [1.54, 1.807) is 18.3 Å². The van der Waals surface area contributed by atoms with Gasteiger partial charge in [-0.05, 0) is 86.9 Å². The van der Waals surface area contributed by atoms with Crippen LogP contribution in [-0.4, -0.2) is 13.7 Å². The van der Waals surface area contributed by atoms with Gasteiger partial charge >= 0.3 is 8.74 Å². The maximum atomic E-state index is 16.4. The molecular weight excluding hydrogens is 428 g/mol. The van der Waals surface area contributed by atoms with Crippen LogP contribution < -0.4 is 10.4 Å². The molecule has 0 fully saturated rings. The fourth-order valence-electron chi connectivity index (χ4n) is 5.48. The van der Waals surface area contributed by atoms with Crippen LogP contribution in [0, 0.1) is 13.8 Å². The van der Waals surface area contributed by atoms with Gasteiger partial charge in [-0.25, -0.2) is 0 Å². The maximum Gasteiger partial charge on any atom is 0.488 e. The van der Waals surface area contributed by atoms with Crippen molar-refractivity contribution < 1.29 is 8.22 Å². The van der Waals surface area contributed by atoms with E-state index in [4.69, 9.17) is 0 Å². The molecule has 2 heterocycles. The summed E-state index contributed by atoms with van der Waals surface area (Å²) in [6.45, 7) is 4.16. The highest BCUT2D eigenvalue weighted by molar-refractivity contribution is 6.95. The quantitative estimate of drug-likeness (QED) is 0.142. The normalized spacial score (nSPS) is 14.3. The maximum absolute atomic E-state index is 16.4. The lowest BCUT2D eigenvalue weighted by molar-refractivity contribution is 0.655. The highest BCUT2D eigenvalue weighted by Gasteiger charge is 2.48. The number of aromatic nitrogens is 1. The van der Waals surface area contributed by atoms with Crippen molar-refractivity contribution in [2.45, 2.75) is 13.8 Å². The number of nitrogens with zero attached hydrogens (tertiary/aromatic N) is 1. The Morgan fingerprint density at radius 3 is 2.21 bits per heavy atom. The van der Waals surface area contributed by atoms with Crippen LogP contribution in [0.25, 0.3) is 54.3 Å². The molecule has 0 atom stereocenters. The Kier molecular flexibility index (Phi) is 3.57. The van der Waals surface area contributed by atoms with Gasteiger partial charge in [-0.15, -0.1) is 0 Å².